The fraction of sp³-hybridized carbons (Fsp3) is 0.667. The van der Waals surface area contributed by atoms with Crippen molar-refractivity contribution in [3.8, 4) is 0 Å². The van der Waals surface area contributed by atoms with Crippen molar-refractivity contribution in [3.63, 3.8) is 0 Å². The number of carboxylic acid groups (broad SMARTS) is 1. The predicted molar refractivity (Wildman–Crippen MR) is 19.3 cm³/mol. The molecule has 0 aromatic carbocycles. The fourth-order valence-corrected chi connectivity index (χ4v) is 0.0956. The molecule has 0 amide bonds. The first-order chi connectivity index (χ1) is 2.77. The Balaban J connectivity index is 0. The van der Waals surface area contributed by atoms with Crippen LogP contribution in [0.4, 0.5) is 0 Å². The number of hydrogen-bond acceptors (Lipinski definition) is 2. The molecule has 40 valence electrons. The van der Waals surface area contributed by atoms with Crippen LogP contribution in [0.15, 0.2) is 0 Å². The summed E-state index contributed by atoms with van der Waals surface area (Å²) in [7, 11) is 0. The minimum Gasteiger partial charge on any atom is -0.481 e. The number of aliphatic carboxylic acids is 1. The first kappa shape index (κ1) is 10.2. The Hall–Kier alpha value is 0.144. The van der Waals surface area contributed by atoms with Gasteiger partial charge in [0.2, 0.25) is 0 Å². The van der Waals surface area contributed by atoms with E-state index < -0.39 is 5.97 Å². The summed E-state index contributed by atoms with van der Waals surface area (Å²) in [5.41, 5.74) is 0. The van der Waals surface area contributed by atoms with E-state index in [4.69, 9.17) is 10.2 Å². The van der Waals surface area contributed by atoms with Gasteiger partial charge >= 0.3 is 5.97 Å². The van der Waals surface area contributed by atoms with Gasteiger partial charge in [-0.1, -0.05) is 0 Å². The fourth-order valence-electron chi connectivity index (χ4n) is 0.0956. The summed E-state index contributed by atoms with van der Waals surface area (Å²) in [5.74, 6) is -0.961. The molecular weight excluding hydrogens is 132 g/mol. The normalized spacial score (nSPS) is 7.00. The topological polar surface area (TPSA) is 57.5 Å². The second kappa shape index (κ2) is 6.14. The third kappa shape index (κ3) is 10.7. The molecule has 0 aromatic rings. The van der Waals surface area contributed by atoms with Crippen molar-refractivity contribution in [3.05, 3.63) is 0 Å². The van der Waals surface area contributed by atoms with Gasteiger partial charge in [-0.15, -0.1) is 0 Å². The number of carbonyl (C=O) groups is 1. The van der Waals surface area contributed by atoms with Crippen molar-refractivity contribution >= 4 is 5.97 Å². The van der Waals surface area contributed by atoms with Crippen molar-refractivity contribution in [2.75, 3.05) is 6.61 Å². The quantitative estimate of drug-likeness (QED) is 0.503. The number of hydrogen-bond donors (Lipinski definition) is 2. The van der Waals surface area contributed by atoms with Crippen LogP contribution in [0.5, 0.6) is 0 Å². The van der Waals surface area contributed by atoms with Crippen LogP contribution in [0.3, 0.4) is 0 Å². The molecule has 2 N–H and O–H groups in total. The van der Waals surface area contributed by atoms with E-state index >= 15 is 0 Å². The van der Waals surface area contributed by atoms with E-state index in [0.29, 0.717) is 0 Å². The van der Waals surface area contributed by atoms with Crippen molar-refractivity contribution < 1.29 is 36.7 Å². The van der Waals surface area contributed by atoms with Crippen molar-refractivity contribution in [2.24, 2.45) is 0 Å². The van der Waals surface area contributed by atoms with E-state index in [1.165, 1.54) is 0 Å². The molecule has 0 radical (unpaired) electrons. The average molecular weight is 138 g/mol. The summed E-state index contributed by atoms with van der Waals surface area (Å²) in [5, 5.41) is 15.6. The molecule has 0 heterocycles. The van der Waals surface area contributed by atoms with E-state index in [1.807, 2.05) is 0 Å². The SMILES string of the molecule is O=C(O)CCO.[Ti]. The first-order valence-corrected chi connectivity index (χ1v) is 1.60. The average Bonchev–Trinajstić information content (AvgIpc) is 1.35. The predicted octanol–water partition coefficient (Wildman–Crippen LogP) is -0.549. The van der Waals surface area contributed by atoms with Gasteiger partial charge in [-0.2, -0.15) is 0 Å². The number of aliphatic hydroxyl groups excluding tert-OH is 1. The van der Waals surface area contributed by atoms with Gasteiger partial charge in [0.15, 0.2) is 0 Å². The Morgan fingerprint density at radius 2 is 2.00 bits per heavy atom. The molecule has 7 heavy (non-hydrogen) atoms. The number of aliphatic hydroxyl groups is 1. The van der Waals surface area contributed by atoms with Gasteiger partial charge in [0.05, 0.1) is 13.0 Å². The van der Waals surface area contributed by atoms with E-state index in [1.54, 1.807) is 0 Å². The smallest absolute Gasteiger partial charge is 0.305 e. The van der Waals surface area contributed by atoms with Crippen molar-refractivity contribution in [2.45, 2.75) is 6.42 Å². The summed E-state index contributed by atoms with van der Waals surface area (Å²) in [6.45, 7) is -0.269. The van der Waals surface area contributed by atoms with Gasteiger partial charge in [0.1, 0.15) is 0 Å². The summed E-state index contributed by atoms with van der Waals surface area (Å²) in [6.07, 6.45) is -0.153. The molecule has 0 aromatic heterocycles. The molecule has 0 saturated heterocycles. The maximum absolute atomic E-state index is 9.44. The Morgan fingerprint density at radius 3 is 2.00 bits per heavy atom. The zero-order valence-electron chi connectivity index (χ0n) is 3.72. The third-order valence-corrected chi connectivity index (χ3v) is 0.326. The molecule has 0 fully saturated rings. The molecule has 0 saturated carbocycles. The Labute approximate surface area is 56.2 Å². The summed E-state index contributed by atoms with van der Waals surface area (Å²) >= 11 is 0. The number of carboxylic acids is 1. The van der Waals surface area contributed by atoms with Gasteiger partial charge in [0, 0.05) is 21.7 Å². The maximum Gasteiger partial charge on any atom is 0.305 e. The Bertz CT molecular complexity index is 54.1. The van der Waals surface area contributed by atoms with Crippen molar-refractivity contribution in [1.29, 1.82) is 0 Å². The van der Waals surface area contributed by atoms with Crippen LogP contribution >= 0.6 is 0 Å². The molecule has 0 aliphatic heterocycles. The van der Waals surface area contributed by atoms with Crippen LogP contribution < -0.4 is 0 Å². The molecule has 0 unspecified atom stereocenters. The Morgan fingerprint density at radius 1 is 1.57 bits per heavy atom. The molecule has 0 spiro atoms. The van der Waals surface area contributed by atoms with Crippen LogP contribution in [-0.2, 0) is 26.5 Å². The minimum atomic E-state index is -0.961. The van der Waals surface area contributed by atoms with Crippen molar-refractivity contribution in [1.82, 2.24) is 0 Å². The van der Waals surface area contributed by atoms with Crippen LogP contribution in [-0.4, -0.2) is 22.8 Å². The zero-order valence-corrected chi connectivity index (χ0v) is 5.28. The molecule has 0 rings (SSSR count). The van der Waals surface area contributed by atoms with Crippen LogP contribution in [0.2, 0.25) is 0 Å². The monoisotopic (exact) mass is 138 g/mol. The van der Waals surface area contributed by atoms with Crippen LogP contribution in [0.25, 0.3) is 0 Å². The summed E-state index contributed by atoms with van der Waals surface area (Å²) in [4.78, 5) is 9.44. The second-order valence-electron chi connectivity index (χ2n) is 0.867. The standard InChI is InChI=1S/C3H6O3.Ti/c4-2-1-3(5)6;/h4H,1-2H2,(H,5,6);. The molecule has 0 aliphatic rings. The van der Waals surface area contributed by atoms with Gasteiger partial charge < -0.3 is 10.2 Å². The first-order valence-electron chi connectivity index (χ1n) is 1.60. The number of rotatable bonds is 2. The summed E-state index contributed by atoms with van der Waals surface area (Å²) in [6, 6.07) is 0. The van der Waals surface area contributed by atoms with Crippen LogP contribution in [0.1, 0.15) is 6.42 Å². The molecule has 0 bridgehead atoms. The molecule has 3 nitrogen and oxygen atoms in total. The molecule has 0 atom stereocenters. The molecule has 4 heteroatoms. The minimum absolute atomic E-state index is 0. The molecular formula is C3H6O3Ti. The van der Waals surface area contributed by atoms with E-state index in [0.717, 1.165) is 0 Å². The van der Waals surface area contributed by atoms with Gasteiger partial charge in [-0.05, 0) is 0 Å². The van der Waals surface area contributed by atoms with E-state index in [-0.39, 0.29) is 34.7 Å². The second-order valence-corrected chi connectivity index (χ2v) is 0.867. The van der Waals surface area contributed by atoms with Gasteiger partial charge in [0.25, 0.3) is 0 Å². The third-order valence-electron chi connectivity index (χ3n) is 0.326. The molecule has 0 aliphatic carbocycles. The Kier molecular flexibility index (Phi) is 8.95. The van der Waals surface area contributed by atoms with E-state index in [2.05, 4.69) is 0 Å². The van der Waals surface area contributed by atoms with E-state index in [9.17, 15) is 4.79 Å². The van der Waals surface area contributed by atoms with Gasteiger partial charge in [-0.25, -0.2) is 0 Å². The largest absolute Gasteiger partial charge is 0.481 e. The summed E-state index contributed by atoms with van der Waals surface area (Å²) < 4.78 is 0. The van der Waals surface area contributed by atoms with Gasteiger partial charge in [-0.3, -0.25) is 4.79 Å². The van der Waals surface area contributed by atoms with Crippen LogP contribution in [0, 0.1) is 0 Å². The zero-order chi connectivity index (χ0) is 4.99. The maximum atomic E-state index is 9.44.